The average Bonchev–Trinajstić information content (AvgIpc) is 2.34. The summed E-state index contributed by atoms with van der Waals surface area (Å²) in [5, 5.41) is 11.4. The summed E-state index contributed by atoms with van der Waals surface area (Å²) in [5.41, 5.74) is 0.624. The molecule has 2 heterocycles. The van der Waals surface area contributed by atoms with Crippen molar-refractivity contribution in [3.05, 3.63) is 28.8 Å². The Morgan fingerprint density at radius 3 is 3.11 bits per heavy atom. The zero-order chi connectivity index (χ0) is 12.8. The maximum Gasteiger partial charge on any atom is 0.126 e. The first kappa shape index (κ1) is 12.6. The van der Waals surface area contributed by atoms with Crippen LogP contribution in [-0.4, -0.2) is 21.7 Å². The van der Waals surface area contributed by atoms with E-state index < -0.39 is 6.10 Å². The van der Waals surface area contributed by atoms with Crippen molar-refractivity contribution in [2.24, 2.45) is 0 Å². The molecule has 0 aromatic heterocycles. The maximum atomic E-state index is 10.4. The van der Waals surface area contributed by atoms with Crippen LogP contribution in [0.3, 0.4) is 0 Å². The molecule has 18 heavy (non-hydrogen) atoms. The molecule has 1 saturated heterocycles. The molecule has 0 bridgehead atoms. The molecule has 2 aliphatic rings. The number of fused-ring (bicyclic) bond motifs is 1. The molecule has 3 rings (SSSR count). The zero-order valence-electron chi connectivity index (χ0n) is 10.4. The van der Waals surface area contributed by atoms with Gasteiger partial charge in [-0.25, -0.2) is 0 Å². The predicted molar refractivity (Wildman–Crippen MR) is 75.5 cm³/mol. The Balaban J connectivity index is 1.98. The summed E-state index contributed by atoms with van der Waals surface area (Å²) in [5.74, 6) is 1.99. The summed E-state index contributed by atoms with van der Waals surface area (Å²) < 4.78 is 6.26. The summed E-state index contributed by atoms with van der Waals surface area (Å²) in [6.45, 7) is 2.21. The van der Waals surface area contributed by atoms with Gasteiger partial charge in [0.25, 0.3) is 0 Å². The lowest BCUT2D eigenvalue weighted by Gasteiger charge is -2.46. The Morgan fingerprint density at radius 2 is 2.33 bits per heavy atom. The molecule has 98 valence electrons. The van der Waals surface area contributed by atoms with E-state index in [9.17, 15) is 5.11 Å². The third-order valence-electron chi connectivity index (χ3n) is 4.04. The molecule has 0 amide bonds. The van der Waals surface area contributed by atoms with Gasteiger partial charge in [0.2, 0.25) is 0 Å². The van der Waals surface area contributed by atoms with Crippen LogP contribution in [0.15, 0.2) is 18.2 Å². The molecular weight excluding hydrogens is 268 g/mol. The lowest BCUT2D eigenvalue weighted by Crippen LogP contribution is -2.50. The van der Waals surface area contributed by atoms with Crippen LogP contribution in [0.4, 0.5) is 0 Å². The highest BCUT2D eigenvalue weighted by atomic mass is 35.5. The highest BCUT2D eigenvalue weighted by Gasteiger charge is 2.46. The number of aliphatic hydroxyl groups is 1. The third-order valence-corrected chi connectivity index (χ3v) is 5.72. The van der Waals surface area contributed by atoms with Crippen molar-refractivity contribution in [3.63, 3.8) is 0 Å². The van der Waals surface area contributed by atoms with Crippen LogP contribution in [0.5, 0.6) is 5.75 Å². The molecule has 1 aromatic carbocycles. The van der Waals surface area contributed by atoms with Gasteiger partial charge in [-0.2, -0.15) is 11.8 Å². The van der Waals surface area contributed by atoms with Gasteiger partial charge in [0.05, 0.1) is 6.10 Å². The Kier molecular flexibility index (Phi) is 3.25. The topological polar surface area (TPSA) is 29.5 Å². The maximum absolute atomic E-state index is 10.4. The van der Waals surface area contributed by atoms with E-state index in [-0.39, 0.29) is 5.60 Å². The molecule has 0 saturated carbocycles. The van der Waals surface area contributed by atoms with E-state index in [4.69, 9.17) is 16.3 Å². The molecular formula is C14H17ClO2S. The molecule has 1 aromatic rings. The molecule has 1 N–H and O–H groups in total. The fourth-order valence-corrected chi connectivity index (χ4v) is 4.37. The van der Waals surface area contributed by atoms with Gasteiger partial charge in [0.15, 0.2) is 0 Å². The molecule has 0 aliphatic carbocycles. The monoisotopic (exact) mass is 284 g/mol. The first-order valence-corrected chi connectivity index (χ1v) is 7.81. The number of rotatable bonds is 0. The van der Waals surface area contributed by atoms with Gasteiger partial charge >= 0.3 is 0 Å². The molecule has 3 atom stereocenters. The number of halogens is 1. The fourth-order valence-electron chi connectivity index (χ4n) is 2.96. The van der Waals surface area contributed by atoms with Crippen LogP contribution in [0.1, 0.15) is 37.9 Å². The van der Waals surface area contributed by atoms with Crippen molar-refractivity contribution in [3.8, 4) is 5.75 Å². The van der Waals surface area contributed by atoms with Crippen LogP contribution >= 0.6 is 23.4 Å². The summed E-state index contributed by atoms with van der Waals surface area (Å²) in [7, 11) is 0. The van der Waals surface area contributed by atoms with Crippen molar-refractivity contribution in [1.82, 2.24) is 0 Å². The fraction of sp³-hybridized carbons (Fsp3) is 0.571. The highest BCUT2D eigenvalue weighted by Crippen LogP contribution is 2.48. The first-order chi connectivity index (χ1) is 8.61. The molecule has 4 heteroatoms. The van der Waals surface area contributed by atoms with E-state index in [1.54, 1.807) is 0 Å². The summed E-state index contributed by atoms with van der Waals surface area (Å²) in [6, 6.07) is 5.52. The largest absolute Gasteiger partial charge is 0.486 e. The van der Waals surface area contributed by atoms with E-state index in [2.05, 4.69) is 6.92 Å². The van der Waals surface area contributed by atoms with Crippen LogP contribution in [0, 0.1) is 0 Å². The number of aliphatic hydroxyl groups excluding tert-OH is 1. The van der Waals surface area contributed by atoms with Gasteiger partial charge in [-0.15, -0.1) is 0 Å². The lowest BCUT2D eigenvalue weighted by molar-refractivity contribution is -0.0211. The van der Waals surface area contributed by atoms with Crippen molar-refractivity contribution in [1.29, 1.82) is 0 Å². The number of ether oxygens (including phenoxy) is 1. The quantitative estimate of drug-likeness (QED) is 0.785. The van der Waals surface area contributed by atoms with Crippen LogP contribution in [0.2, 0.25) is 5.02 Å². The second kappa shape index (κ2) is 4.62. The van der Waals surface area contributed by atoms with Crippen LogP contribution in [-0.2, 0) is 0 Å². The summed E-state index contributed by atoms with van der Waals surface area (Å²) >= 11 is 7.92. The SMILES string of the molecule is CC1SCCCC12C[C@@H](O)c1cc(Cl)ccc1O2. The van der Waals surface area contributed by atoms with Crippen molar-refractivity contribution < 1.29 is 9.84 Å². The second-order valence-electron chi connectivity index (χ2n) is 5.19. The second-order valence-corrected chi connectivity index (χ2v) is 7.07. The Hall–Kier alpha value is -0.380. The molecule has 0 radical (unpaired) electrons. The smallest absolute Gasteiger partial charge is 0.126 e. The van der Waals surface area contributed by atoms with E-state index in [1.807, 2.05) is 30.0 Å². The minimum absolute atomic E-state index is 0.205. The summed E-state index contributed by atoms with van der Waals surface area (Å²) in [6.07, 6.45) is 2.40. The normalized spacial score (nSPS) is 35.1. The predicted octanol–water partition coefficient (Wildman–Crippen LogP) is 3.81. The number of hydrogen-bond acceptors (Lipinski definition) is 3. The Bertz CT molecular complexity index is 465. The standard InChI is InChI=1S/C14H17ClO2S/c1-9-14(5-2-6-18-9)8-12(16)11-7-10(15)3-4-13(11)17-14/h3-4,7,9,12,16H,2,5-6,8H2,1H3/t9?,12-,14?/m1/s1. The van der Waals surface area contributed by atoms with E-state index in [0.717, 1.165) is 24.2 Å². The summed E-state index contributed by atoms with van der Waals surface area (Å²) in [4.78, 5) is 0. The number of hydrogen-bond donors (Lipinski definition) is 1. The average molecular weight is 285 g/mol. The van der Waals surface area contributed by atoms with E-state index in [1.165, 1.54) is 5.75 Å². The van der Waals surface area contributed by atoms with Crippen molar-refractivity contribution in [2.45, 2.75) is 43.1 Å². The van der Waals surface area contributed by atoms with Gasteiger partial charge in [-0.1, -0.05) is 11.6 Å². The van der Waals surface area contributed by atoms with Crippen molar-refractivity contribution >= 4 is 23.4 Å². The number of thioether (sulfide) groups is 1. The van der Waals surface area contributed by atoms with Gasteiger partial charge in [0, 0.05) is 22.3 Å². The van der Waals surface area contributed by atoms with Crippen LogP contribution in [0.25, 0.3) is 0 Å². The number of benzene rings is 1. The van der Waals surface area contributed by atoms with Gasteiger partial charge in [0.1, 0.15) is 11.4 Å². The molecule has 1 fully saturated rings. The molecule has 2 aliphatic heterocycles. The van der Waals surface area contributed by atoms with Crippen molar-refractivity contribution in [2.75, 3.05) is 5.75 Å². The minimum atomic E-state index is -0.464. The molecule has 2 unspecified atom stereocenters. The van der Waals surface area contributed by atoms with E-state index >= 15 is 0 Å². The first-order valence-electron chi connectivity index (χ1n) is 6.39. The van der Waals surface area contributed by atoms with Gasteiger partial charge in [-0.05, 0) is 43.7 Å². The van der Waals surface area contributed by atoms with Crippen LogP contribution < -0.4 is 4.74 Å². The van der Waals surface area contributed by atoms with E-state index in [0.29, 0.717) is 16.7 Å². The highest BCUT2D eigenvalue weighted by molar-refractivity contribution is 8.00. The Morgan fingerprint density at radius 1 is 1.50 bits per heavy atom. The Labute approximate surface area is 117 Å². The zero-order valence-corrected chi connectivity index (χ0v) is 11.9. The lowest BCUT2D eigenvalue weighted by atomic mass is 9.83. The minimum Gasteiger partial charge on any atom is -0.486 e. The van der Waals surface area contributed by atoms with Gasteiger partial charge < -0.3 is 9.84 Å². The third kappa shape index (κ3) is 2.02. The van der Waals surface area contributed by atoms with Gasteiger partial charge in [-0.3, -0.25) is 0 Å². The molecule has 2 nitrogen and oxygen atoms in total. The molecule has 1 spiro atoms.